The zero-order chi connectivity index (χ0) is 20.6. The average molecular weight is 405 g/mol. The van der Waals surface area contributed by atoms with Crippen LogP contribution in [0.1, 0.15) is 51.7 Å². The maximum Gasteiger partial charge on any atom is 0.195 e. The Morgan fingerprint density at radius 1 is 1.10 bits per heavy atom. The second kappa shape index (κ2) is 6.58. The van der Waals surface area contributed by atoms with Crippen molar-refractivity contribution >= 4 is 0 Å². The van der Waals surface area contributed by atoms with Crippen molar-refractivity contribution in [1.29, 1.82) is 0 Å². The van der Waals surface area contributed by atoms with Crippen molar-refractivity contribution in [2.24, 2.45) is 23.7 Å². The third-order valence-electron chi connectivity index (χ3n) is 8.08. The van der Waals surface area contributed by atoms with Gasteiger partial charge in [-0.1, -0.05) is 13.8 Å². The molecule has 160 valence electrons. The number of aliphatic hydroxyl groups is 1. The molecular formula is C23H32O6. The molecule has 29 heavy (non-hydrogen) atoms. The van der Waals surface area contributed by atoms with E-state index in [1.165, 1.54) is 0 Å². The second-order valence-electron chi connectivity index (χ2n) is 9.46. The summed E-state index contributed by atoms with van der Waals surface area (Å²) in [5.74, 6) is 1.73. The normalized spacial score (nSPS) is 48.1. The highest BCUT2D eigenvalue weighted by atomic mass is 16.8. The number of benzene rings is 1. The van der Waals surface area contributed by atoms with E-state index in [9.17, 15) is 5.11 Å². The fourth-order valence-corrected chi connectivity index (χ4v) is 6.52. The van der Waals surface area contributed by atoms with Crippen molar-refractivity contribution in [3.05, 3.63) is 23.8 Å². The molecule has 1 aromatic rings. The van der Waals surface area contributed by atoms with Crippen molar-refractivity contribution in [2.75, 3.05) is 14.2 Å². The summed E-state index contributed by atoms with van der Waals surface area (Å²) in [6.07, 6.45) is 1.61. The van der Waals surface area contributed by atoms with Crippen LogP contribution in [0.25, 0.3) is 0 Å². The summed E-state index contributed by atoms with van der Waals surface area (Å²) in [5, 5.41) is 10.8. The molecule has 4 fully saturated rings. The van der Waals surface area contributed by atoms with Gasteiger partial charge in [0.2, 0.25) is 0 Å². The quantitative estimate of drug-likeness (QED) is 0.829. The number of rotatable bonds is 3. The Morgan fingerprint density at radius 3 is 2.62 bits per heavy atom. The molecule has 0 aromatic heterocycles. The van der Waals surface area contributed by atoms with Gasteiger partial charge in [0.25, 0.3) is 0 Å². The number of fused-ring (bicyclic) bond motifs is 1. The van der Waals surface area contributed by atoms with Crippen molar-refractivity contribution in [2.45, 2.75) is 69.9 Å². The minimum atomic E-state index is -1.00. The molecule has 2 bridgehead atoms. The van der Waals surface area contributed by atoms with E-state index in [0.29, 0.717) is 18.3 Å². The number of aliphatic hydroxyl groups excluding tert-OH is 1. The standard InChI is InChI=1S/C23H32O6/c1-12-6-9-16-13(2)20(15-8-7-14(25-4)10-18(15)26-5)27-21-23(16)17(12)11-19(24)22(3,28-21)29-23/h7-8,10,12-13,16-17,19-21,24H,6,9,11H2,1-5H3/t12-,13-,16+,17+,19-,20-,21-,22-,23+/m1/s1. The first-order valence-electron chi connectivity index (χ1n) is 10.8. The third-order valence-corrected chi connectivity index (χ3v) is 8.08. The van der Waals surface area contributed by atoms with Crippen molar-refractivity contribution in [3.63, 3.8) is 0 Å². The molecule has 0 radical (unpaired) electrons. The molecule has 6 nitrogen and oxygen atoms in total. The fraction of sp³-hybridized carbons (Fsp3) is 0.739. The Bertz CT molecular complexity index is 798. The highest BCUT2D eigenvalue weighted by molar-refractivity contribution is 5.43. The molecule has 1 spiro atoms. The summed E-state index contributed by atoms with van der Waals surface area (Å²) < 4.78 is 30.6. The van der Waals surface area contributed by atoms with E-state index in [2.05, 4.69) is 13.8 Å². The van der Waals surface area contributed by atoms with Gasteiger partial charge in [-0.3, -0.25) is 0 Å². The zero-order valence-corrected chi connectivity index (χ0v) is 17.9. The molecule has 9 atom stereocenters. The Hall–Kier alpha value is -1.34. The monoisotopic (exact) mass is 404 g/mol. The van der Waals surface area contributed by atoms with Gasteiger partial charge < -0.3 is 28.8 Å². The van der Waals surface area contributed by atoms with Crippen LogP contribution in [-0.4, -0.2) is 43.1 Å². The lowest BCUT2D eigenvalue weighted by Crippen LogP contribution is -2.66. The summed E-state index contributed by atoms with van der Waals surface area (Å²) >= 11 is 0. The lowest BCUT2D eigenvalue weighted by molar-refractivity contribution is -0.305. The molecule has 1 aliphatic carbocycles. The Morgan fingerprint density at radius 2 is 1.90 bits per heavy atom. The van der Waals surface area contributed by atoms with E-state index in [1.807, 2.05) is 25.1 Å². The molecule has 1 N–H and O–H groups in total. The lowest BCUT2D eigenvalue weighted by atomic mass is 9.56. The zero-order valence-electron chi connectivity index (χ0n) is 17.9. The minimum absolute atomic E-state index is 0.172. The Labute approximate surface area is 172 Å². The summed E-state index contributed by atoms with van der Waals surface area (Å²) in [6, 6.07) is 5.87. The molecule has 1 saturated carbocycles. The summed E-state index contributed by atoms with van der Waals surface area (Å²) in [6.45, 7) is 6.38. The number of hydrogen-bond acceptors (Lipinski definition) is 6. The lowest BCUT2D eigenvalue weighted by Gasteiger charge is -2.59. The van der Waals surface area contributed by atoms with Crippen LogP contribution >= 0.6 is 0 Å². The number of methoxy groups -OCH3 is 2. The fourth-order valence-electron chi connectivity index (χ4n) is 6.52. The largest absolute Gasteiger partial charge is 0.497 e. The van der Waals surface area contributed by atoms with Gasteiger partial charge in [0, 0.05) is 11.6 Å². The van der Waals surface area contributed by atoms with Gasteiger partial charge >= 0.3 is 0 Å². The van der Waals surface area contributed by atoms with Gasteiger partial charge in [-0.05, 0) is 62.0 Å². The Kier molecular flexibility index (Phi) is 4.45. The maximum absolute atomic E-state index is 10.8. The molecule has 5 rings (SSSR count). The van der Waals surface area contributed by atoms with Gasteiger partial charge in [0.05, 0.1) is 20.3 Å². The van der Waals surface area contributed by atoms with Crippen LogP contribution in [0.3, 0.4) is 0 Å². The smallest absolute Gasteiger partial charge is 0.195 e. The van der Waals surface area contributed by atoms with Gasteiger partial charge in [-0.2, -0.15) is 0 Å². The molecule has 0 unspecified atom stereocenters. The maximum atomic E-state index is 10.8. The molecule has 3 heterocycles. The predicted octanol–water partition coefficient (Wildman–Crippen LogP) is 3.67. The number of ether oxygens (including phenoxy) is 5. The van der Waals surface area contributed by atoms with Gasteiger partial charge in [0.1, 0.15) is 23.2 Å². The summed E-state index contributed by atoms with van der Waals surface area (Å²) in [7, 11) is 3.32. The highest BCUT2D eigenvalue weighted by Crippen LogP contribution is 2.65. The average Bonchev–Trinajstić information content (AvgIpc) is 2.98. The van der Waals surface area contributed by atoms with Crippen LogP contribution in [0.4, 0.5) is 0 Å². The van der Waals surface area contributed by atoms with E-state index in [4.69, 9.17) is 23.7 Å². The van der Waals surface area contributed by atoms with Crippen molar-refractivity contribution < 1.29 is 28.8 Å². The first-order chi connectivity index (χ1) is 13.8. The Balaban J connectivity index is 1.57. The van der Waals surface area contributed by atoms with Crippen molar-refractivity contribution in [1.82, 2.24) is 0 Å². The molecule has 3 aliphatic heterocycles. The van der Waals surface area contributed by atoms with Crippen molar-refractivity contribution in [3.8, 4) is 11.5 Å². The van der Waals surface area contributed by atoms with Crippen LogP contribution in [0.15, 0.2) is 18.2 Å². The van der Waals surface area contributed by atoms with Crippen LogP contribution < -0.4 is 9.47 Å². The predicted molar refractivity (Wildman–Crippen MR) is 106 cm³/mol. The first-order valence-corrected chi connectivity index (χ1v) is 10.8. The van der Waals surface area contributed by atoms with E-state index in [1.54, 1.807) is 14.2 Å². The minimum Gasteiger partial charge on any atom is -0.497 e. The first kappa shape index (κ1) is 19.6. The highest BCUT2D eigenvalue weighted by Gasteiger charge is 2.73. The van der Waals surface area contributed by atoms with E-state index < -0.39 is 23.8 Å². The van der Waals surface area contributed by atoms with Gasteiger partial charge in [-0.25, -0.2) is 0 Å². The van der Waals surface area contributed by atoms with E-state index in [0.717, 1.165) is 29.9 Å². The summed E-state index contributed by atoms with van der Waals surface area (Å²) in [4.78, 5) is 0. The van der Waals surface area contributed by atoms with Gasteiger partial charge in [-0.15, -0.1) is 0 Å². The van der Waals surface area contributed by atoms with E-state index in [-0.39, 0.29) is 17.9 Å². The molecule has 1 aromatic carbocycles. The molecule has 3 saturated heterocycles. The van der Waals surface area contributed by atoms with E-state index >= 15 is 0 Å². The van der Waals surface area contributed by atoms with Gasteiger partial charge in [0.15, 0.2) is 12.1 Å². The van der Waals surface area contributed by atoms with Crippen LogP contribution in [-0.2, 0) is 14.2 Å². The SMILES string of the molecule is COc1ccc([C@@H]2O[C@@H]3O[C@]4(C)O[C@]35[C@@H](CC[C@@H](C)[C@@H]5C[C@H]4O)[C@H]2C)c(OC)c1. The van der Waals surface area contributed by atoms with Crippen LogP contribution in [0, 0.1) is 23.7 Å². The van der Waals surface area contributed by atoms with Crippen LogP contribution in [0.5, 0.6) is 11.5 Å². The topological polar surface area (TPSA) is 66.4 Å². The molecular weight excluding hydrogens is 372 g/mol. The van der Waals surface area contributed by atoms with Crippen LogP contribution in [0.2, 0.25) is 0 Å². The summed E-state index contributed by atoms with van der Waals surface area (Å²) in [5.41, 5.74) is 0.517. The number of hydrogen-bond donors (Lipinski definition) is 1. The molecule has 0 amide bonds. The molecule has 6 heteroatoms. The molecule has 4 aliphatic rings. The second-order valence-corrected chi connectivity index (χ2v) is 9.46. The third kappa shape index (κ3) is 2.55.